The zero-order chi connectivity index (χ0) is 19.9. The van der Waals surface area contributed by atoms with Gasteiger partial charge in [0.1, 0.15) is 5.69 Å². The Balaban J connectivity index is 1.72. The van der Waals surface area contributed by atoms with Crippen LogP contribution in [0.15, 0.2) is 36.5 Å². The van der Waals surface area contributed by atoms with Gasteiger partial charge in [-0.05, 0) is 24.6 Å². The van der Waals surface area contributed by atoms with E-state index in [9.17, 15) is 9.59 Å². The van der Waals surface area contributed by atoms with Crippen molar-refractivity contribution in [1.82, 2.24) is 15.1 Å². The van der Waals surface area contributed by atoms with Crippen LogP contribution < -0.4 is 14.8 Å². The van der Waals surface area contributed by atoms with E-state index in [4.69, 9.17) is 9.47 Å². The number of carbonyl (C=O) groups is 2. The van der Waals surface area contributed by atoms with Crippen LogP contribution in [0.4, 0.5) is 0 Å². The van der Waals surface area contributed by atoms with E-state index in [1.165, 1.54) is 13.2 Å². The highest BCUT2D eigenvalue weighted by molar-refractivity contribution is 5.99. The number of nitrogens with one attached hydrogen (secondary N) is 1. The monoisotopic (exact) mass is 385 g/mol. The molecule has 0 unspecified atom stereocenters. The summed E-state index contributed by atoms with van der Waals surface area (Å²) in [5.74, 6) is 0.692. The molecule has 1 aromatic carbocycles. The summed E-state index contributed by atoms with van der Waals surface area (Å²) in [6.45, 7) is 1.60. The molecular weight excluding hydrogens is 362 g/mol. The minimum Gasteiger partial charge on any atom is -0.490 e. The Labute approximate surface area is 163 Å². The summed E-state index contributed by atoms with van der Waals surface area (Å²) in [7, 11) is 3.08. The number of ether oxygens (including phenoxy) is 3. The number of aromatic nitrogens is 2. The largest absolute Gasteiger partial charge is 0.490 e. The number of hydrogen-bond donors (Lipinski definition) is 1. The van der Waals surface area contributed by atoms with Crippen LogP contribution in [-0.4, -0.2) is 48.5 Å². The number of rotatable bonds is 6. The molecule has 0 saturated carbocycles. The molecule has 3 rings (SSSR count). The number of carbonyl (C=O) groups excluding carboxylic acids is 2. The Bertz CT molecular complexity index is 888. The van der Waals surface area contributed by atoms with Crippen LogP contribution >= 0.6 is 0 Å². The molecule has 148 valence electrons. The fraction of sp³-hybridized carbons (Fsp3) is 0.350. The average Bonchev–Trinajstić information content (AvgIpc) is 2.94. The van der Waals surface area contributed by atoms with E-state index in [1.54, 1.807) is 24.0 Å². The molecule has 8 nitrogen and oxygen atoms in total. The van der Waals surface area contributed by atoms with Gasteiger partial charge in [-0.1, -0.05) is 6.08 Å². The Morgan fingerprint density at radius 3 is 2.86 bits per heavy atom. The Hall–Kier alpha value is -3.29. The van der Waals surface area contributed by atoms with Crippen molar-refractivity contribution in [2.45, 2.75) is 12.8 Å². The molecular formula is C20H23N3O5. The number of amides is 1. The fourth-order valence-electron chi connectivity index (χ4n) is 2.79. The number of esters is 1. The van der Waals surface area contributed by atoms with Gasteiger partial charge in [0.15, 0.2) is 11.5 Å². The van der Waals surface area contributed by atoms with E-state index in [0.717, 1.165) is 12.0 Å². The van der Waals surface area contributed by atoms with Gasteiger partial charge < -0.3 is 19.5 Å². The molecule has 2 heterocycles. The highest BCUT2D eigenvalue weighted by Gasteiger charge is 2.19. The summed E-state index contributed by atoms with van der Waals surface area (Å²) >= 11 is 0. The third-order valence-electron chi connectivity index (χ3n) is 4.15. The van der Waals surface area contributed by atoms with Crippen LogP contribution in [0.25, 0.3) is 11.3 Å². The van der Waals surface area contributed by atoms with Crippen LogP contribution in [0, 0.1) is 0 Å². The minimum absolute atomic E-state index is 0.235. The number of methoxy groups -OCH3 is 1. The van der Waals surface area contributed by atoms with Gasteiger partial charge in [0.2, 0.25) is 0 Å². The minimum atomic E-state index is -0.421. The summed E-state index contributed by atoms with van der Waals surface area (Å²) in [4.78, 5) is 23.6. The van der Waals surface area contributed by atoms with Gasteiger partial charge in [0.25, 0.3) is 5.91 Å². The molecule has 1 amide bonds. The van der Waals surface area contributed by atoms with Gasteiger partial charge >= 0.3 is 5.97 Å². The highest BCUT2D eigenvalue weighted by atomic mass is 16.5. The summed E-state index contributed by atoms with van der Waals surface area (Å²) in [5, 5.41) is 7.27. The molecule has 0 bridgehead atoms. The molecule has 0 aliphatic carbocycles. The molecule has 0 fully saturated rings. The van der Waals surface area contributed by atoms with Crippen molar-refractivity contribution in [3.8, 4) is 22.8 Å². The van der Waals surface area contributed by atoms with Crippen molar-refractivity contribution in [3.63, 3.8) is 0 Å². The Morgan fingerprint density at radius 1 is 1.29 bits per heavy atom. The van der Waals surface area contributed by atoms with Crippen LogP contribution in [0.3, 0.4) is 0 Å². The number of nitrogens with zero attached hydrogens (tertiary/aromatic N) is 2. The number of fused-ring (bicyclic) bond motifs is 1. The van der Waals surface area contributed by atoms with E-state index < -0.39 is 5.97 Å². The summed E-state index contributed by atoms with van der Waals surface area (Å²) in [5.41, 5.74) is 1.82. The zero-order valence-corrected chi connectivity index (χ0v) is 15.9. The lowest BCUT2D eigenvalue weighted by Gasteiger charge is -2.09. The lowest BCUT2D eigenvalue weighted by molar-refractivity contribution is -0.134. The predicted octanol–water partition coefficient (Wildman–Crippen LogP) is 2.10. The predicted molar refractivity (Wildman–Crippen MR) is 102 cm³/mol. The normalized spacial score (nSPS) is 13.2. The van der Waals surface area contributed by atoms with E-state index in [2.05, 4.69) is 15.2 Å². The molecule has 28 heavy (non-hydrogen) atoms. The van der Waals surface area contributed by atoms with E-state index in [1.807, 2.05) is 18.2 Å². The lowest BCUT2D eigenvalue weighted by Crippen LogP contribution is -2.24. The van der Waals surface area contributed by atoms with Crippen LogP contribution in [0.1, 0.15) is 23.2 Å². The van der Waals surface area contributed by atoms with Crippen LogP contribution in [-0.2, 0) is 16.6 Å². The standard InChI is InChI=1S/C20H23N3O5/c1-23-13-15(20(25)21-9-4-3-6-18(24)26-2)19(22-23)14-7-8-16-17(12-14)28-11-5-10-27-16/h3,6-8,12-13H,4-5,9-11H2,1-2H3,(H,21,25)/b6-3+. The highest BCUT2D eigenvalue weighted by Crippen LogP contribution is 2.34. The topological polar surface area (TPSA) is 91.7 Å². The Morgan fingerprint density at radius 2 is 2.07 bits per heavy atom. The summed E-state index contributed by atoms with van der Waals surface area (Å²) in [6, 6.07) is 5.55. The van der Waals surface area contributed by atoms with Crippen molar-refractivity contribution in [3.05, 3.63) is 42.1 Å². The van der Waals surface area contributed by atoms with Gasteiger partial charge in [-0.2, -0.15) is 5.10 Å². The third kappa shape index (κ3) is 4.70. The molecule has 1 N–H and O–H groups in total. The molecule has 1 aliphatic rings. The van der Waals surface area contributed by atoms with Crippen molar-refractivity contribution in [2.24, 2.45) is 7.05 Å². The second kappa shape index (κ2) is 9.07. The second-order valence-corrected chi connectivity index (χ2v) is 6.25. The van der Waals surface area contributed by atoms with Gasteiger partial charge in [0.05, 0.1) is 25.9 Å². The first-order chi connectivity index (χ1) is 13.6. The summed E-state index contributed by atoms with van der Waals surface area (Å²) in [6.07, 6.45) is 6.00. The molecule has 1 aromatic heterocycles. The van der Waals surface area contributed by atoms with Crippen LogP contribution in [0.2, 0.25) is 0 Å². The molecule has 0 radical (unpaired) electrons. The van der Waals surface area contributed by atoms with Crippen molar-refractivity contribution in [2.75, 3.05) is 26.9 Å². The quantitative estimate of drug-likeness (QED) is 0.465. The average molecular weight is 385 g/mol. The Kier molecular flexibility index (Phi) is 6.31. The van der Waals surface area contributed by atoms with Crippen LogP contribution in [0.5, 0.6) is 11.5 Å². The fourth-order valence-corrected chi connectivity index (χ4v) is 2.79. The van der Waals surface area contributed by atoms with E-state index >= 15 is 0 Å². The van der Waals surface area contributed by atoms with Crippen molar-refractivity contribution >= 4 is 11.9 Å². The SMILES string of the molecule is COC(=O)/C=C/CCNC(=O)c1cn(C)nc1-c1ccc2c(c1)OCCCO2. The number of benzene rings is 1. The second-order valence-electron chi connectivity index (χ2n) is 6.25. The van der Waals surface area contributed by atoms with Gasteiger partial charge in [0, 0.05) is 37.8 Å². The molecule has 1 aliphatic heterocycles. The molecule has 0 saturated heterocycles. The number of aryl methyl sites for hydroxylation is 1. The van der Waals surface area contributed by atoms with Gasteiger partial charge in [-0.25, -0.2) is 4.79 Å². The lowest BCUT2D eigenvalue weighted by atomic mass is 10.1. The first-order valence-electron chi connectivity index (χ1n) is 9.05. The van der Waals surface area contributed by atoms with E-state index in [-0.39, 0.29) is 5.91 Å². The molecule has 8 heteroatoms. The maximum absolute atomic E-state index is 12.6. The number of hydrogen-bond acceptors (Lipinski definition) is 6. The molecule has 0 spiro atoms. The third-order valence-corrected chi connectivity index (χ3v) is 4.15. The van der Waals surface area contributed by atoms with E-state index in [0.29, 0.717) is 48.9 Å². The molecule has 0 atom stereocenters. The maximum atomic E-state index is 12.6. The van der Waals surface area contributed by atoms with Crippen molar-refractivity contribution < 1.29 is 23.8 Å². The van der Waals surface area contributed by atoms with Gasteiger partial charge in [-0.3, -0.25) is 9.48 Å². The first-order valence-corrected chi connectivity index (χ1v) is 9.05. The zero-order valence-electron chi connectivity index (χ0n) is 15.9. The smallest absolute Gasteiger partial charge is 0.330 e. The molecule has 2 aromatic rings. The summed E-state index contributed by atoms with van der Waals surface area (Å²) < 4.78 is 17.5. The maximum Gasteiger partial charge on any atom is 0.330 e. The first kappa shape index (κ1) is 19.5. The van der Waals surface area contributed by atoms with Crippen molar-refractivity contribution in [1.29, 1.82) is 0 Å². The van der Waals surface area contributed by atoms with Gasteiger partial charge in [-0.15, -0.1) is 0 Å².